The first-order valence-electron chi connectivity index (χ1n) is 9.26. The lowest BCUT2D eigenvalue weighted by molar-refractivity contribution is -0.139. The summed E-state index contributed by atoms with van der Waals surface area (Å²) in [4.78, 5) is 25.4. The molecule has 5 heteroatoms. The average Bonchev–Trinajstić information content (AvgIpc) is 3.33. The molecular formula is C20H27NO4. The van der Waals surface area contributed by atoms with Crippen molar-refractivity contribution >= 4 is 11.9 Å². The van der Waals surface area contributed by atoms with Crippen LogP contribution < -0.4 is 4.74 Å². The molecule has 0 bridgehead atoms. The molecule has 25 heavy (non-hydrogen) atoms. The van der Waals surface area contributed by atoms with Gasteiger partial charge in [-0.25, -0.2) is 0 Å². The Morgan fingerprint density at radius 3 is 2.48 bits per heavy atom. The van der Waals surface area contributed by atoms with Gasteiger partial charge in [-0.2, -0.15) is 0 Å². The molecule has 1 spiro atoms. The van der Waals surface area contributed by atoms with Crippen molar-refractivity contribution in [2.45, 2.75) is 45.4 Å². The van der Waals surface area contributed by atoms with E-state index in [2.05, 4.69) is 6.92 Å². The minimum atomic E-state index is -0.675. The van der Waals surface area contributed by atoms with E-state index in [-0.39, 0.29) is 17.2 Å². The number of likely N-dealkylation sites (tertiary alicyclic amines) is 1. The number of carbonyl (C=O) groups is 2. The number of nitrogens with zero attached hydrogens (tertiary/aromatic N) is 1. The van der Waals surface area contributed by atoms with Crippen LogP contribution in [0, 0.1) is 11.3 Å². The van der Waals surface area contributed by atoms with Crippen molar-refractivity contribution in [3.63, 3.8) is 0 Å². The molecule has 136 valence electrons. The molecule has 1 atom stereocenters. The van der Waals surface area contributed by atoms with E-state index >= 15 is 0 Å². The summed E-state index contributed by atoms with van der Waals surface area (Å²) in [6, 6.07) is 7.95. The van der Waals surface area contributed by atoms with E-state index in [0.717, 1.165) is 50.0 Å². The van der Waals surface area contributed by atoms with Crippen molar-refractivity contribution in [1.82, 2.24) is 4.90 Å². The van der Waals surface area contributed by atoms with Crippen LogP contribution in [0.4, 0.5) is 0 Å². The molecule has 1 saturated heterocycles. The molecule has 1 aliphatic heterocycles. The van der Waals surface area contributed by atoms with Crippen LogP contribution in [0.5, 0.6) is 5.75 Å². The monoisotopic (exact) mass is 345 g/mol. The number of rotatable bonds is 7. The summed E-state index contributed by atoms with van der Waals surface area (Å²) < 4.78 is 5.56. The Morgan fingerprint density at radius 1 is 1.24 bits per heavy atom. The minimum Gasteiger partial charge on any atom is -0.494 e. The van der Waals surface area contributed by atoms with Crippen LogP contribution in [0.3, 0.4) is 0 Å². The molecule has 0 aromatic heterocycles. The maximum absolute atomic E-state index is 12.4. The second kappa shape index (κ2) is 7.46. The van der Waals surface area contributed by atoms with Gasteiger partial charge in [-0.15, -0.1) is 0 Å². The summed E-state index contributed by atoms with van der Waals surface area (Å²) in [5.74, 6) is 0.189. The second-order valence-corrected chi connectivity index (χ2v) is 7.33. The topological polar surface area (TPSA) is 66.8 Å². The van der Waals surface area contributed by atoms with Crippen molar-refractivity contribution in [3.8, 4) is 5.75 Å². The smallest absolute Gasteiger partial charge is 0.307 e. The van der Waals surface area contributed by atoms with E-state index in [4.69, 9.17) is 9.84 Å². The van der Waals surface area contributed by atoms with Crippen LogP contribution in [0.2, 0.25) is 0 Å². The van der Waals surface area contributed by atoms with Gasteiger partial charge in [0.15, 0.2) is 0 Å². The lowest BCUT2D eigenvalue weighted by Gasteiger charge is -2.32. The second-order valence-electron chi connectivity index (χ2n) is 7.33. The largest absolute Gasteiger partial charge is 0.494 e. The zero-order valence-corrected chi connectivity index (χ0v) is 14.9. The van der Waals surface area contributed by atoms with Crippen LogP contribution in [0.15, 0.2) is 24.3 Å². The predicted molar refractivity (Wildman–Crippen MR) is 94.5 cm³/mol. The van der Waals surface area contributed by atoms with Crippen LogP contribution in [-0.2, 0) is 16.0 Å². The van der Waals surface area contributed by atoms with E-state index in [1.807, 2.05) is 29.2 Å². The number of ether oxygens (including phenoxy) is 1. The molecule has 1 amide bonds. The fourth-order valence-electron chi connectivity index (χ4n) is 3.83. The van der Waals surface area contributed by atoms with Gasteiger partial charge < -0.3 is 14.7 Å². The van der Waals surface area contributed by atoms with E-state index in [9.17, 15) is 9.59 Å². The molecule has 0 radical (unpaired) electrons. The zero-order chi connectivity index (χ0) is 17.9. The Bertz CT molecular complexity index is 617. The van der Waals surface area contributed by atoms with Crippen molar-refractivity contribution in [2.24, 2.45) is 11.3 Å². The summed E-state index contributed by atoms with van der Waals surface area (Å²) in [6.07, 6.45) is 4.67. The number of amides is 1. The number of piperidine rings is 1. The number of carboxylic acid groups (broad SMARTS) is 1. The summed E-state index contributed by atoms with van der Waals surface area (Å²) in [5.41, 5.74) is 1.12. The van der Waals surface area contributed by atoms with E-state index in [0.29, 0.717) is 19.5 Å². The standard InChI is InChI=1S/C20H27NO4/c1-2-13-25-16-6-3-15(4-7-16)5-8-18(22)21-11-9-20(10-12-21)14-17(20)19(23)24/h3-4,6-7,17H,2,5,8-14H2,1H3,(H,23,24). The molecule has 5 nitrogen and oxygen atoms in total. The summed E-state index contributed by atoms with van der Waals surface area (Å²) in [7, 11) is 0. The summed E-state index contributed by atoms with van der Waals surface area (Å²) in [6.45, 7) is 4.20. The molecule has 1 aliphatic carbocycles. The maximum atomic E-state index is 12.4. The number of aryl methyl sites for hydroxylation is 1. The maximum Gasteiger partial charge on any atom is 0.307 e. The van der Waals surface area contributed by atoms with Gasteiger partial charge >= 0.3 is 5.97 Å². The fraction of sp³-hybridized carbons (Fsp3) is 0.600. The highest BCUT2D eigenvalue weighted by molar-refractivity contribution is 5.77. The van der Waals surface area contributed by atoms with Crippen LogP contribution in [-0.4, -0.2) is 41.6 Å². The van der Waals surface area contributed by atoms with Gasteiger partial charge in [-0.05, 0) is 55.2 Å². The summed E-state index contributed by atoms with van der Waals surface area (Å²) >= 11 is 0. The van der Waals surface area contributed by atoms with Gasteiger partial charge in [0.2, 0.25) is 5.91 Å². The average molecular weight is 345 g/mol. The first kappa shape index (κ1) is 17.8. The number of hydrogen-bond acceptors (Lipinski definition) is 3. The molecule has 2 aliphatic rings. The van der Waals surface area contributed by atoms with Crippen molar-refractivity contribution < 1.29 is 19.4 Å². The Labute approximate surface area is 149 Å². The van der Waals surface area contributed by atoms with Gasteiger partial charge in [0.05, 0.1) is 12.5 Å². The summed E-state index contributed by atoms with van der Waals surface area (Å²) in [5, 5.41) is 9.13. The molecule has 1 aromatic rings. The lowest BCUT2D eigenvalue weighted by atomic mass is 9.90. The van der Waals surface area contributed by atoms with E-state index in [1.54, 1.807) is 0 Å². The number of hydrogen-bond donors (Lipinski definition) is 1. The Kier molecular flexibility index (Phi) is 5.30. The Hall–Kier alpha value is -2.04. The van der Waals surface area contributed by atoms with Gasteiger partial charge in [0.1, 0.15) is 5.75 Å². The van der Waals surface area contributed by atoms with Crippen molar-refractivity contribution in [2.75, 3.05) is 19.7 Å². The third-order valence-electron chi connectivity index (χ3n) is 5.62. The predicted octanol–water partition coefficient (Wildman–Crippen LogP) is 3.12. The number of carboxylic acids is 1. The SMILES string of the molecule is CCCOc1ccc(CCC(=O)N2CCC3(CC2)CC3C(=O)O)cc1. The first-order valence-corrected chi connectivity index (χ1v) is 9.26. The quantitative estimate of drug-likeness (QED) is 0.824. The Balaban J connectivity index is 1.42. The molecule has 2 fully saturated rings. The molecule has 1 heterocycles. The van der Waals surface area contributed by atoms with Crippen molar-refractivity contribution in [3.05, 3.63) is 29.8 Å². The van der Waals surface area contributed by atoms with E-state index < -0.39 is 5.97 Å². The van der Waals surface area contributed by atoms with Crippen LogP contribution >= 0.6 is 0 Å². The number of aliphatic carboxylic acids is 1. The third kappa shape index (κ3) is 4.14. The van der Waals surface area contributed by atoms with Gasteiger partial charge in [-0.3, -0.25) is 9.59 Å². The molecular weight excluding hydrogens is 318 g/mol. The highest BCUT2D eigenvalue weighted by Gasteiger charge is 2.59. The van der Waals surface area contributed by atoms with E-state index in [1.165, 1.54) is 0 Å². The highest BCUT2D eigenvalue weighted by Crippen LogP contribution is 2.59. The van der Waals surface area contributed by atoms with Crippen LogP contribution in [0.1, 0.15) is 44.6 Å². The molecule has 1 N–H and O–H groups in total. The third-order valence-corrected chi connectivity index (χ3v) is 5.62. The van der Waals surface area contributed by atoms with Gasteiger partial charge in [0, 0.05) is 19.5 Å². The number of carbonyl (C=O) groups excluding carboxylic acids is 1. The van der Waals surface area contributed by atoms with Gasteiger partial charge in [0.25, 0.3) is 0 Å². The number of benzene rings is 1. The molecule has 1 aromatic carbocycles. The van der Waals surface area contributed by atoms with Crippen molar-refractivity contribution in [1.29, 1.82) is 0 Å². The van der Waals surface area contributed by atoms with Crippen LogP contribution in [0.25, 0.3) is 0 Å². The molecule has 3 rings (SSSR count). The molecule has 1 saturated carbocycles. The zero-order valence-electron chi connectivity index (χ0n) is 14.9. The van der Waals surface area contributed by atoms with Gasteiger partial charge in [-0.1, -0.05) is 19.1 Å². The minimum absolute atomic E-state index is 0.0169. The fourth-order valence-corrected chi connectivity index (χ4v) is 3.83. The normalized spacial score (nSPS) is 21.2. The molecule has 1 unspecified atom stereocenters. The highest BCUT2D eigenvalue weighted by atomic mass is 16.5. The lowest BCUT2D eigenvalue weighted by Crippen LogP contribution is -2.40. The first-order chi connectivity index (χ1) is 12.0. The Morgan fingerprint density at radius 2 is 1.92 bits per heavy atom.